The topological polar surface area (TPSA) is 92.0 Å². The zero-order valence-electron chi connectivity index (χ0n) is 12.6. The van der Waals surface area contributed by atoms with Crippen LogP contribution in [-0.4, -0.2) is 45.0 Å². The SMILES string of the molecule is Cc1ncccc1C(=O)N1CC[C@H](Oc2nccnc2C#N)C1. The minimum Gasteiger partial charge on any atom is -0.470 e. The summed E-state index contributed by atoms with van der Waals surface area (Å²) in [4.78, 5) is 26.4. The Kier molecular flexibility index (Phi) is 4.15. The molecule has 0 aliphatic carbocycles. The quantitative estimate of drug-likeness (QED) is 0.849. The number of carbonyl (C=O) groups excluding carboxylic acids is 1. The second-order valence-electron chi connectivity index (χ2n) is 5.24. The zero-order chi connectivity index (χ0) is 16.2. The van der Waals surface area contributed by atoms with Gasteiger partial charge in [-0.3, -0.25) is 9.78 Å². The molecule has 23 heavy (non-hydrogen) atoms. The molecule has 116 valence electrons. The van der Waals surface area contributed by atoms with E-state index in [-0.39, 0.29) is 23.6 Å². The van der Waals surface area contributed by atoms with Crippen LogP contribution in [0.15, 0.2) is 30.7 Å². The van der Waals surface area contributed by atoms with Crippen molar-refractivity contribution in [3.05, 3.63) is 47.7 Å². The van der Waals surface area contributed by atoms with Crippen molar-refractivity contribution >= 4 is 5.91 Å². The summed E-state index contributed by atoms with van der Waals surface area (Å²) in [6, 6.07) is 5.48. The summed E-state index contributed by atoms with van der Waals surface area (Å²) in [6.45, 7) is 2.87. The fourth-order valence-corrected chi connectivity index (χ4v) is 2.54. The Hall–Kier alpha value is -3.01. The summed E-state index contributed by atoms with van der Waals surface area (Å²) in [5, 5.41) is 9.01. The number of amides is 1. The van der Waals surface area contributed by atoms with E-state index in [1.807, 2.05) is 13.0 Å². The molecule has 1 aliphatic rings. The molecule has 0 unspecified atom stereocenters. The molecule has 1 aliphatic heterocycles. The lowest BCUT2D eigenvalue weighted by Crippen LogP contribution is -2.31. The average molecular weight is 309 g/mol. The number of rotatable bonds is 3. The number of pyridine rings is 1. The summed E-state index contributed by atoms with van der Waals surface area (Å²) >= 11 is 0. The van der Waals surface area contributed by atoms with E-state index in [0.717, 1.165) is 0 Å². The van der Waals surface area contributed by atoms with Gasteiger partial charge < -0.3 is 9.64 Å². The third kappa shape index (κ3) is 3.11. The van der Waals surface area contributed by atoms with Crippen LogP contribution in [0.5, 0.6) is 5.88 Å². The predicted octanol–water partition coefficient (Wildman–Crippen LogP) is 1.35. The van der Waals surface area contributed by atoms with Gasteiger partial charge in [0.05, 0.1) is 12.1 Å². The number of aryl methyl sites for hydroxylation is 1. The van der Waals surface area contributed by atoms with Gasteiger partial charge >= 0.3 is 0 Å². The highest BCUT2D eigenvalue weighted by Gasteiger charge is 2.29. The average Bonchev–Trinajstić information content (AvgIpc) is 3.04. The van der Waals surface area contributed by atoms with E-state index in [1.54, 1.807) is 23.2 Å². The summed E-state index contributed by atoms with van der Waals surface area (Å²) < 4.78 is 5.74. The minimum absolute atomic E-state index is 0.0543. The van der Waals surface area contributed by atoms with Gasteiger partial charge in [0.25, 0.3) is 11.8 Å². The smallest absolute Gasteiger partial charge is 0.255 e. The second kappa shape index (κ2) is 6.40. The predicted molar refractivity (Wildman–Crippen MR) is 80.7 cm³/mol. The maximum atomic E-state index is 12.5. The van der Waals surface area contributed by atoms with Crippen LogP contribution in [0.4, 0.5) is 0 Å². The van der Waals surface area contributed by atoms with Gasteiger partial charge in [-0.05, 0) is 19.1 Å². The highest BCUT2D eigenvalue weighted by atomic mass is 16.5. The normalized spacial score (nSPS) is 16.9. The Bertz CT molecular complexity index is 771. The molecule has 7 nitrogen and oxygen atoms in total. The van der Waals surface area contributed by atoms with Gasteiger partial charge in [-0.15, -0.1) is 0 Å². The molecule has 0 N–H and O–H groups in total. The van der Waals surface area contributed by atoms with Crippen molar-refractivity contribution in [1.82, 2.24) is 19.9 Å². The van der Waals surface area contributed by atoms with Crippen molar-refractivity contribution in [2.24, 2.45) is 0 Å². The summed E-state index contributed by atoms with van der Waals surface area (Å²) in [7, 11) is 0. The van der Waals surface area contributed by atoms with Gasteiger partial charge in [0.1, 0.15) is 12.2 Å². The molecule has 0 aromatic carbocycles. The summed E-state index contributed by atoms with van der Waals surface area (Å²) in [5.41, 5.74) is 1.47. The van der Waals surface area contributed by atoms with Crippen LogP contribution in [0.3, 0.4) is 0 Å². The Morgan fingerprint density at radius 3 is 2.96 bits per heavy atom. The van der Waals surface area contributed by atoms with Gasteiger partial charge in [-0.1, -0.05) is 0 Å². The van der Waals surface area contributed by atoms with Gasteiger partial charge in [0.2, 0.25) is 5.69 Å². The first-order valence-electron chi connectivity index (χ1n) is 7.27. The van der Waals surface area contributed by atoms with E-state index in [2.05, 4.69) is 15.0 Å². The number of hydrogen-bond acceptors (Lipinski definition) is 6. The fourth-order valence-electron chi connectivity index (χ4n) is 2.54. The highest BCUT2D eigenvalue weighted by molar-refractivity contribution is 5.95. The van der Waals surface area contributed by atoms with Crippen molar-refractivity contribution in [3.63, 3.8) is 0 Å². The highest BCUT2D eigenvalue weighted by Crippen LogP contribution is 2.20. The first-order valence-corrected chi connectivity index (χ1v) is 7.27. The van der Waals surface area contributed by atoms with E-state index in [9.17, 15) is 4.79 Å². The summed E-state index contributed by atoms with van der Waals surface area (Å²) in [6.07, 6.45) is 5.08. The first-order chi connectivity index (χ1) is 11.2. The number of nitriles is 1. The van der Waals surface area contributed by atoms with E-state index in [1.165, 1.54) is 12.4 Å². The van der Waals surface area contributed by atoms with Crippen LogP contribution >= 0.6 is 0 Å². The number of nitrogens with zero attached hydrogens (tertiary/aromatic N) is 5. The third-order valence-electron chi connectivity index (χ3n) is 3.72. The lowest BCUT2D eigenvalue weighted by atomic mass is 10.2. The molecule has 3 heterocycles. The Labute approximate surface area is 133 Å². The Morgan fingerprint density at radius 1 is 1.35 bits per heavy atom. The molecule has 2 aromatic heterocycles. The molecule has 0 radical (unpaired) electrons. The number of ether oxygens (including phenoxy) is 1. The van der Waals surface area contributed by atoms with Gasteiger partial charge in [-0.25, -0.2) is 9.97 Å². The molecular formula is C16H15N5O2. The summed E-state index contributed by atoms with van der Waals surface area (Å²) in [5.74, 6) is 0.160. The zero-order valence-corrected chi connectivity index (χ0v) is 12.6. The lowest BCUT2D eigenvalue weighted by Gasteiger charge is -2.17. The van der Waals surface area contributed by atoms with Crippen molar-refractivity contribution in [2.75, 3.05) is 13.1 Å². The molecule has 0 bridgehead atoms. The molecule has 1 atom stereocenters. The van der Waals surface area contributed by atoms with Crippen LogP contribution in [0.1, 0.15) is 28.2 Å². The lowest BCUT2D eigenvalue weighted by molar-refractivity contribution is 0.0770. The molecule has 0 saturated carbocycles. The van der Waals surface area contributed by atoms with Crippen molar-refractivity contribution in [2.45, 2.75) is 19.4 Å². The van der Waals surface area contributed by atoms with Gasteiger partial charge in [0, 0.05) is 37.3 Å². The number of likely N-dealkylation sites (tertiary alicyclic amines) is 1. The van der Waals surface area contributed by atoms with Crippen molar-refractivity contribution in [3.8, 4) is 11.9 Å². The number of carbonyl (C=O) groups is 1. The van der Waals surface area contributed by atoms with Crippen LogP contribution in [0.2, 0.25) is 0 Å². The van der Waals surface area contributed by atoms with E-state index in [0.29, 0.717) is 30.8 Å². The Balaban J connectivity index is 1.68. The van der Waals surface area contributed by atoms with E-state index >= 15 is 0 Å². The van der Waals surface area contributed by atoms with Crippen molar-refractivity contribution < 1.29 is 9.53 Å². The molecule has 1 fully saturated rings. The van der Waals surface area contributed by atoms with Crippen LogP contribution in [0.25, 0.3) is 0 Å². The molecule has 1 amide bonds. The van der Waals surface area contributed by atoms with Gasteiger partial charge in [-0.2, -0.15) is 5.26 Å². The van der Waals surface area contributed by atoms with Gasteiger partial charge in [0.15, 0.2) is 0 Å². The Morgan fingerprint density at radius 2 is 2.17 bits per heavy atom. The fraction of sp³-hybridized carbons (Fsp3) is 0.312. The van der Waals surface area contributed by atoms with Crippen molar-refractivity contribution in [1.29, 1.82) is 5.26 Å². The standard InChI is InChI=1S/C16H15N5O2/c1-11-13(3-2-5-18-11)16(22)21-8-4-12(10-21)23-15-14(9-17)19-6-7-20-15/h2-3,5-7,12H,4,8,10H2,1H3/t12-/m0/s1. The molecule has 0 spiro atoms. The molecule has 1 saturated heterocycles. The largest absolute Gasteiger partial charge is 0.470 e. The number of aromatic nitrogens is 3. The van der Waals surface area contributed by atoms with Crippen LogP contribution in [-0.2, 0) is 0 Å². The minimum atomic E-state index is -0.195. The van der Waals surface area contributed by atoms with E-state index < -0.39 is 0 Å². The molecule has 3 rings (SSSR count). The van der Waals surface area contributed by atoms with E-state index in [4.69, 9.17) is 10.00 Å². The van der Waals surface area contributed by atoms with Crippen LogP contribution < -0.4 is 4.74 Å². The third-order valence-corrected chi connectivity index (χ3v) is 3.72. The number of hydrogen-bond donors (Lipinski definition) is 0. The maximum Gasteiger partial charge on any atom is 0.255 e. The molecule has 2 aromatic rings. The second-order valence-corrected chi connectivity index (χ2v) is 5.24. The van der Waals surface area contributed by atoms with Crippen LogP contribution in [0, 0.1) is 18.3 Å². The maximum absolute atomic E-state index is 12.5. The first kappa shape index (κ1) is 14.9. The molecular weight excluding hydrogens is 294 g/mol. The molecule has 7 heteroatoms. The monoisotopic (exact) mass is 309 g/mol.